The van der Waals surface area contributed by atoms with E-state index in [1.165, 1.54) is 0 Å². The number of nitrogens with zero attached hydrogens (tertiary/aromatic N) is 2. The lowest BCUT2D eigenvalue weighted by molar-refractivity contribution is -0.141. The molecular formula is C12H13F3N2O3S. The number of alkyl halides is 3. The number of ketones is 1. The second-order valence-corrected chi connectivity index (χ2v) is 7.67. The molecular weight excluding hydrogens is 309 g/mol. The lowest BCUT2D eigenvalue weighted by atomic mass is 9.94. The number of carbonyl (C=O) groups excluding carboxylic acids is 1. The topological polar surface area (TPSA) is 69.0 Å². The molecule has 2 aliphatic rings. The van der Waals surface area contributed by atoms with Crippen LogP contribution in [0.1, 0.15) is 47.1 Å². The van der Waals surface area contributed by atoms with E-state index in [1.54, 1.807) is 0 Å². The third kappa shape index (κ3) is 2.47. The predicted octanol–water partition coefficient (Wildman–Crippen LogP) is 1.78. The first-order chi connectivity index (χ1) is 9.69. The number of fused-ring (bicyclic) bond motifs is 1. The van der Waals surface area contributed by atoms with Crippen molar-refractivity contribution in [3.05, 3.63) is 17.0 Å². The Balaban J connectivity index is 2.12. The average Bonchev–Trinajstić information content (AvgIpc) is 2.90. The Hall–Kier alpha value is -1.38. The van der Waals surface area contributed by atoms with E-state index in [0.29, 0.717) is 12.8 Å². The summed E-state index contributed by atoms with van der Waals surface area (Å²) in [7, 11) is -3.24. The first-order valence-electron chi connectivity index (χ1n) is 6.61. The first kappa shape index (κ1) is 14.6. The van der Waals surface area contributed by atoms with Crippen LogP contribution in [0.4, 0.5) is 13.2 Å². The van der Waals surface area contributed by atoms with Gasteiger partial charge in [-0.1, -0.05) is 0 Å². The van der Waals surface area contributed by atoms with Crippen LogP contribution in [-0.4, -0.2) is 35.5 Å². The molecule has 0 amide bonds. The highest BCUT2D eigenvalue weighted by molar-refractivity contribution is 7.91. The molecule has 0 saturated carbocycles. The van der Waals surface area contributed by atoms with Gasteiger partial charge in [0, 0.05) is 6.42 Å². The maximum atomic E-state index is 13.1. The third-order valence-corrected chi connectivity index (χ3v) is 5.68. The number of carbonyl (C=O) groups is 1. The SMILES string of the molecule is O=C1CCCc2c1c(C(F)(F)F)nn2C1CCS(=O)(=O)C1. The number of hydrogen-bond donors (Lipinski definition) is 0. The fourth-order valence-electron chi connectivity index (χ4n) is 3.01. The zero-order valence-corrected chi connectivity index (χ0v) is 11.8. The molecule has 116 valence electrons. The number of rotatable bonds is 1. The summed E-state index contributed by atoms with van der Waals surface area (Å²) in [5.41, 5.74) is -1.30. The van der Waals surface area contributed by atoms with Gasteiger partial charge in [-0.05, 0) is 19.3 Å². The lowest BCUT2D eigenvalue weighted by Gasteiger charge is -2.16. The highest BCUT2D eigenvalue weighted by atomic mass is 32.2. The third-order valence-electron chi connectivity index (χ3n) is 3.93. The summed E-state index contributed by atoms with van der Waals surface area (Å²) in [5, 5.41) is 3.57. The van der Waals surface area contributed by atoms with E-state index in [4.69, 9.17) is 0 Å². The molecule has 2 heterocycles. The molecule has 1 aromatic heterocycles. The molecule has 0 bridgehead atoms. The Morgan fingerprint density at radius 3 is 2.52 bits per heavy atom. The minimum absolute atomic E-state index is 0.0540. The van der Waals surface area contributed by atoms with Crippen molar-refractivity contribution in [2.45, 2.75) is 37.9 Å². The van der Waals surface area contributed by atoms with Gasteiger partial charge in [0.25, 0.3) is 0 Å². The van der Waals surface area contributed by atoms with Gasteiger partial charge in [-0.3, -0.25) is 9.48 Å². The van der Waals surface area contributed by atoms with Crippen LogP contribution in [0.25, 0.3) is 0 Å². The van der Waals surface area contributed by atoms with Crippen LogP contribution in [0.5, 0.6) is 0 Å². The number of aromatic nitrogens is 2. The fourth-order valence-corrected chi connectivity index (χ4v) is 4.70. The van der Waals surface area contributed by atoms with Gasteiger partial charge in [0.2, 0.25) is 0 Å². The van der Waals surface area contributed by atoms with Crippen LogP contribution in [-0.2, 0) is 22.4 Å². The highest BCUT2D eigenvalue weighted by Crippen LogP contribution is 2.38. The van der Waals surface area contributed by atoms with Crippen molar-refractivity contribution in [3.63, 3.8) is 0 Å². The lowest BCUT2D eigenvalue weighted by Crippen LogP contribution is -2.19. The molecule has 21 heavy (non-hydrogen) atoms. The van der Waals surface area contributed by atoms with Crippen molar-refractivity contribution < 1.29 is 26.4 Å². The first-order valence-corrected chi connectivity index (χ1v) is 8.43. The monoisotopic (exact) mass is 322 g/mol. The molecule has 1 atom stereocenters. The van der Waals surface area contributed by atoms with Gasteiger partial charge in [0.05, 0.1) is 28.8 Å². The largest absolute Gasteiger partial charge is 0.435 e. The molecule has 1 unspecified atom stereocenters. The molecule has 1 aromatic rings. The van der Waals surface area contributed by atoms with Crippen LogP contribution in [0.15, 0.2) is 0 Å². The quantitative estimate of drug-likeness (QED) is 0.790. The van der Waals surface area contributed by atoms with E-state index in [1.807, 2.05) is 0 Å². The molecule has 1 fully saturated rings. The van der Waals surface area contributed by atoms with Crippen molar-refractivity contribution in [2.75, 3.05) is 11.5 Å². The molecule has 1 aliphatic heterocycles. The molecule has 0 aromatic carbocycles. The number of Topliss-reactive ketones (excluding diaryl/α,β-unsaturated/α-hetero) is 1. The van der Waals surface area contributed by atoms with Crippen molar-refractivity contribution in [2.24, 2.45) is 0 Å². The minimum Gasteiger partial charge on any atom is -0.294 e. The predicted molar refractivity (Wildman–Crippen MR) is 66.8 cm³/mol. The van der Waals surface area contributed by atoms with E-state index in [9.17, 15) is 26.4 Å². The van der Waals surface area contributed by atoms with E-state index in [-0.39, 0.29) is 35.6 Å². The van der Waals surface area contributed by atoms with Crippen LogP contribution in [0, 0.1) is 0 Å². The van der Waals surface area contributed by atoms with Gasteiger partial charge in [-0.25, -0.2) is 8.42 Å². The molecule has 9 heteroatoms. The van der Waals surface area contributed by atoms with Gasteiger partial charge in [0.1, 0.15) is 0 Å². The molecule has 0 radical (unpaired) electrons. The Morgan fingerprint density at radius 2 is 1.95 bits per heavy atom. The smallest absolute Gasteiger partial charge is 0.294 e. The Bertz CT molecular complexity index is 706. The number of sulfone groups is 1. The summed E-state index contributed by atoms with van der Waals surface area (Å²) in [4.78, 5) is 11.8. The van der Waals surface area contributed by atoms with Crippen molar-refractivity contribution in [1.82, 2.24) is 9.78 Å². The zero-order valence-electron chi connectivity index (χ0n) is 11.0. The van der Waals surface area contributed by atoms with Crippen molar-refractivity contribution >= 4 is 15.6 Å². The van der Waals surface area contributed by atoms with Crippen molar-refractivity contribution in [3.8, 4) is 0 Å². The summed E-state index contributed by atoms with van der Waals surface area (Å²) in [6, 6.07) is -0.606. The molecule has 0 spiro atoms. The summed E-state index contributed by atoms with van der Waals surface area (Å²) < 4.78 is 63.3. The van der Waals surface area contributed by atoms with Crippen LogP contribution >= 0.6 is 0 Å². The second kappa shape index (κ2) is 4.56. The minimum atomic E-state index is -4.71. The van der Waals surface area contributed by atoms with Gasteiger partial charge < -0.3 is 0 Å². The van der Waals surface area contributed by atoms with E-state index >= 15 is 0 Å². The number of hydrogen-bond acceptors (Lipinski definition) is 4. The molecule has 5 nitrogen and oxygen atoms in total. The molecule has 1 saturated heterocycles. The van der Waals surface area contributed by atoms with E-state index < -0.39 is 33.5 Å². The summed E-state index contributed by atoms with van der Waals surface area (Å²) in [5.74, 6) is -0.829. The zero-order chi connectivity index (χ0) is 15.4. The molecule has 3 rings (SSSR count). The van der Waals surface area contributed by atoms with E-state index in [0.717, 1.165) is 4.68 Å². The molecule has 1 aliphatic carbocycles. The number of halogens is 3. The Labute approximate surface area is 119 Å². The standard InChI is InChI=1S/C12H13F3N2O3S/c13-12(14,15)11-10-8(2-1-3-9(10)18)17(16-11)7-4-5-21(19,20)6-7/h7H,1-6H2. The van der Waals surface area contributed by atoms with Crippen LogP contribution in [0.3, 0.4) is 0 Å². The Kier molecular flexibility index (Phi) is 3.16. The fraction of sp³-hybridized carbons (Fsp3) is 0.667. The van der Waals surface area contributed by atoms with E-state index in [2.05, 4.69) is 5.10 Å². The molecule has 0 N–H and O–H groups in total. The summed E-state index contributed by atoms with van der Waals surface area (Å²) in [6.45, 7) is 0. The maximum absolute atomic E-state index is 13.1. The summed E-state index contributed by atoms with van der Waals surface area (Å²) in [6.07, 6.45) is -3.61. The summed E-state index contributed by atoms with van der Waals surface area (Å²) >= 11 is 0. The van der Waals surface area contributed by atoms with Gasteiger partial charge in [0.15, 0.2) is 21.3 Å². The van der Waals surface area contributed by atoms with Gasteiger partial charge in [-0.2, -0.15) is 18.3 Å². The van der Waals surface area contributed by atoms with Crippen LogP contribution in [0.2, 0.25) is 0 Å². The normalized spacial score (nSPS) is 25.1. The second-order valence-electron chi connectivity index (χ2n) is 5.45. The Morgan fingerprint density at radius 1 is 1.24 bits per heavy atom. The highest BCUT2D eigenvalue weighted by Gasteiger charge is 2.44. The maximum Gasteiger partial charge on any atom is 0.435 e. The van der Waals surface area contributed by atoms with Gasteiger partial charge in [-0.15, -0.1) is 0 Å². The van der Waals surface area contributed by atoms with Crippen LogP contribution < -0.4 is 0 Å². The van der Waals surface area contributed by atoms with Crippen molar-refractivity contribution in [1.29, 1.82) is 0 Å². The van der Waals surface area contributed by atoms with Gasteiger partial charge >= 0.3 is 6.18 Å². The average molecular weight is 322 g/mol.